The van der Waals surface area contributed by atoms with E-state index in [9.17, 15) is 0 Å². The summed E-state index contributed by atoms with van der Waals surface area (Å²) in [6, 6.07) is 10.2. The number of ether oxygens (including phenoxy) is 1. The summed E-state index contributed by atoms with van der Waals surface area (Å²) < 4.78 is 5.60. The van der Waals surface area contributed by atoms with Gasteiger partial charge in [-0.15, -0.1) is 11.6 Å². The van der Waals surface area contributed by atoms with Gasteiger partial charge in [-0.05, 0) is 17.9 Å². The van der Waals surface area contributed by atoms with Gasteiger partial charge in [-0.1, -0.05) is 50.6 Å². The number of rotatable bonds is 7. The predicted molar refractivity (Wildman–Crippen MR) is 69.8 cm³/mol. The van der Waals surface area contributed by atoms with Crippen molar-refractivity contribution in [2.45, 2.75) is 38.7 Å². The molecule has 90 valence electrons. The van der Waals surface area contributed by atoms with E-state index in [1.54, 1.807) is 0 Å². The largest absolute Gasteiger partial charge is 0.377 e. The van der Waals surface area contributed by atoms with Crippen molar-refractivity contribution >= 4 is 11.6 Å². The van der Waals surface area contributed by atoms with Crippen LogP contribution >= 0.6 is 11.6 Å². The zero-order valence-corrected chi connectivity index (χ0v) is 10.9. The second-order valence-corrected chi connectivity index (χ2v) is 4.79. The molecule has 1 nitrogen and oxygen atoms in total. The van der Waals surface area contributed by atoms with Crippen LogP contribution < -0.4 is 0 Å². The molecule has 0 radical (unpaired) electrons. The summed E-state index contributed by atoms with van der Waals surface area (Å²) in [6.45, 7) is 5.79. The smallest absolute Gasteiger partial charge is 0.0716 e. The molecule has 0 bridgehead atoms. The average Bonchev–Trinajstić information content (AvgIpc) is 2.34. The van der Waals surface area contributed by atoms with E-state index in [-0.39, 0.29) is 5.38 Å². The number of benzene rings is 1. The Kier molecular flexibility index (Phi) is 6.51. The zero-order chi connectivity index (χ0) is 11.8. The Morgan fingerprint density at radius 3 is 2.56 bits per heavy atom. The highest BCUT2D eigenvalue weighted by Crippen LogP contribution is 2.17. The van der Waals surface area contributed by atoms with Crippen molar-refractivity contribution in [1.29, 1.82) is 0 Å². The minimum Gasteiger partial charge on any atom is -0.377 e. The minimum absolute atomic E-state index is 0.237. The molecule has 0 aromatic heterocycles. The molecule has 0 heterocycles. The van der Waals surface area contributed by atoms with Gasteiger partial charge in [0, 0.05) is 12.0 Å². The summed E-state index contributed by atoms with van der Waals surface area (Å²) in [5, 5.41) is 0.237. The van der Waals surface area contributed by atoms with Gasteiger partial charge >= 0.3 is 0 Å². The van der Waals surface area contributed by atoms with E-state index in [1.165, 1.54) is 5.56 Å². The third-order valence-corrected chi connectivity index (χ3v) is 3.56. The molecule has 2 heteroatoms. The van der Waals surface area contributed by atoms with Crippen LogP contribution in [0.1, 0.15) is 32.3 Å². The second kappa shape index (κ2) is 7.70. The second-order valence-electron chi connectivity index (χ2n) is 4.23. The first kappa shape index (κ1) is 13.5. The summed E-state index contributed by atoms with van der Waals surface area (Å²) in [5.41, 5.74) is 1.22. The fourth-order valence-corrected chi connectivity index (χ4v) is 1.77. The van der Waals surface area contributed by atoms with Crippen LogP contribution in [0.15, 0.2) is 30.3 Å². The Morgan fingerprint density at radius 1 is 1.25 bits per heavy atom. The lowest BCUT2D eigenvalue weighted by Crippen LogP contribution is -2.13. The van der Waals surface area contributed by atoms with E-state index in [1.807, 2.05) is 18.2 Å². The fourth-order valence-electron chi connectivity index (χ4n) is 1.50. The Bertz CT molecular complexity index is 273. The topological polar surface area (TPSA) is 9.23 Å². The maximum atomic E-state index is 6.23. The first-order chi connectivity index (χ1) is 7.74. The quantitative estimate of drug-likeness (QED) is 0.512. The van der Waals surface area contributed by atoms with E-state index >= 15 is 0 Å². The summed E-state index contributed by atoms with van der Waals surface area (Å²) in [4.78, 5) is 0. The molecule has 0 aliphatic heterocycles. The molecule has 1 rings (SSSR count). The van der Waals surface area contributed by atoms with Crippen molar-refractivity contribution < 1.29 is 4.74 Å². The van der Waals surface area contributed by atoms with Crippen molar-refractivity contribution in [2.24, 2.45) is 5.92 Å². The highest BCUT2D eigenvalue weighted by atomic mass is 35.5. The predicted octanol–water partition coefficient (Wildman–Crippen LogP) is 4.25. The van der Waals surface area contributed by atoms with Crippen LogP contribution in [0.3, 0.4) is 0 Å². The highest BCUT2D eigenvalue weighted by Gasteiger charge is 2.11. The minimum atomic E-state index is 0.237. The Balaban J connectivity index is 2.13. The number of alkyl halides is 1. The van der Waals surface area contributed by atoms with E-state index in [4.69, 9.17) is 16.3 Å². The van der Waals surface area contributed by atoms with E-state index in [2.05, 4.69) is 26.0 Å². The maximum Gasteiger partial charge on any atom is 0.0716 e. The van der Waals surface area contributed by atoms with Crippen LogP contribution in [0.5, 0.6) is 0 Å². The van der Waals surface area contributed by atoms with E-state index in [0.717, 1.165) is 19.4 Å². The van der Waals surface area contributed by atoms with Crippen molar-refractivity contribution in [3.63, 3.8) is 0 Å². The SMILES string of the molecule is CCC(C)C(Cl)CCOCc1ccccc1. The molecule has 1 aromatic carbocycles. The highest BCUT2D eigenvalue weighted by molar-refractivity contribution is 6.20. The molecule has 0 aliphatic rings. The van der Waals surface area contributed by atoms with Gasteiger partial charge in [-0.2, -0.15) is 0 Å². The lowest BCUT2D eigenvalue weighted by molar-refractivity contribution is 0.115. The van der Waals surface area contributed by atoms with Crippen molar-refractivity contribution in [3.05, 3.63) is 35.9 Å². The van der Waals surface area contributed by atoms with Crippen LogP contribution in [-0.4, -0.2) is 12.0 Å². The monoisotopic (exact) mass is 240 g/mol. The zero-order valence-electron chi connectivity index (χ0n) is 10.2. The molecule has 0 spiro atoms. The summed E-state index contributed by atoms with van der Waals surface area (Å²) >= 11 is 6.23. The lowest BCUT2D eigenvalue weighted by atomic mass is 10.0. The Labute approximate surface area is 104 Å². The first-order valence-electron chi connectivity index (χ1n) is 5.99. The molecule has 2 atom stereocenters. The van der Waals surface area contributed by atoms with E-state index < -0.39 is 0 Å². The van der Waals surface area contributed by atoms with Gasteiger partial charge in [0.25, 0.3) is 0 Å². The fraction of sp³-hybridized carbons (Fsp3) is 0.571. The van der Waals surface area contributed by atoms with Gasteiger partial charge in [0.2, 0.25) is 0 Å². The van der Waals surface area contributed by atoms with Crippen LogP contribution in [0, 0.1) is 5.92 Å². The van der Waals surface area contributed by atoms with Gasteiger partial charge < -0.3 is 4.74 Å². The molecule has 0 saturated carbocycles. The number of hydrogen-bond acceptors (Lipinski definition) is 1. The standard InChI is InChI=1S/C14H21ClO/c1-3-12(2)14(15)9-10-16-11-13-7-5-4-6-8-13/h4-8,12,14H,3,9-11H2,1-2H3. The van der Waals surface area contributed by atoms with Gasteiger partial charge in [0.1, 0.15) is 0 Å². The van der Waals surface area contributed by atoms with Crippen LogP contribution in [-0.2, 0) is 11.3 Å². The van der Waals surface area contributed by atoms with Crippen LogP contribution in [0.25, 0.3) is 0 Å². The van der Waals surface area contributed by atoms with Gasteiger partial charge in [-0.3, -0.25) is 0 Å². The Hall–Kier alpha value is -0.530. The molecule has 16 heavy (non-hydrogen) atoms. The van der Waals surface area contributed by atoms with Crippen LogP contribution in [0.4, 0.5) is 0 Å². The van der Waals surface area contributed by atoms with Crippen molar-refractivity contribution in [3.8, 4) is 0 Å². The van der Waals surface area contributed by atoms with Crippen molar-refractivity contribution in [1.82, 2.24) is 0 Å². The molecule has 0 aliphatic carbocycles. The first-order valence-corrected chi connectivity index (χ1v) is 6.43. The molecule has 2 unspecified atom stereocenters. The Morgan fingerprint density at radius 2 is 1.94 bits per heavy atom. The third-order valence-electron chi connectivity index (χ3n) is 2.91. The molecule has 1 aromatic rings. The number of halogens is 1. The molecule has 0 saturated heterocycles. The maximum absolute atomic E-state index is 6.23. The summed E-state index contributed by atoms with van der Waals surface area (Å²) in [7, 11) is 0. The summed E-state index contributed by atoms with van der Waals surface area (Å²) in [6.07, 6.45) is 2.07. The normalized spacial score (nSPS) is 14.7. The van der Waals surface area contributed by atoms with Crippen molar-refractivity contribution in [2.75, 3.05) is 6.61 Å². The van der Waals surface area contributed by atoms with Gasteiger partial charge in [0.05, 0.1) is 6.61 Å². The van der Waals surface area contributed by atoms with Gasteiger partial charge in [-0.25, -0.2) is 0 Å². The molecular weight excluding hydrogens is 220 g/mol. The number of hydrogen-bond donors (Lipinski definition) is 0. The average molecular weight is 241 g/mol. The van der Waals surface area contributed by atoms with Gasteiger partial charge in [0.15, 0.2) is 0 Å². The third kappa shape index (κ3) is 5.00. The summed E-state index contributed by atoms with van der Waals surface area (Å²) in [5.74, 6) is 0.571. The molecule has 0 fully saturated rings. The van der Waals surface area contributed by atoms with Crippen LogP contribution in [0.2, 0.25) is 0 Å². The van der Waals surface area contributed by atoms with E-state index in [0.29, 0.717) is 12.5 Å². The molecule has 0 N–H and O–H groups in total. The lowest BCUT2D eigenvalue weighted by Gasteiger charge is -2.15. The molecular formula is C14H21ClO. The molecule has 0 amide bonds.